The average Bonchev–Trinajstić information content (AvgIpc) is 3.41. The monoisotopic (exact) mass is 491 g/mol. The smallest absolute Gasteiger partial charge is 0.251 e. The minimum atomic E-state index is -3.76. The van der Waals surface area contributed by atoms with Gasteiger partial charge < -0.3 is 14.8 Å². The lowest BCUT2D eigenvalue weighted by Crippen LogP contribution is -2.43. The van der Waals surface area contributed by atoms with Crippen LogP contribution in [0, 0.1) is 5.82 Å². The quantitative estimate of drug-likeness (QED) is 0.610. The summed E-state index contributed by atoms with van der Waals surface area (Å²) in [6.45, 7) is 3.76. The van der Waals surface area contributed by atoms with Crippen LogP contribution in [0.1, 0.15) is 34.8 Å². The molecule has 1 N–H and O–H groups in total. The largest absolute Gasteiger partial charge is 0.495 e. The number of halogens is 1. The highest BCUT2D eigenvalue weighted by atomic mass is 32.2. The van der Waals surface area contributed by atoms with E-state index in [0.717, 1.165) is 18.4 Å². The lowest BCUT2D eigenvalue weighted by molar-refractivity contribution is 0.0162. The van der Waals surface area contributed by atoms with Crippen LogP contribution in [-0.4, -0.2) is 76.6 Å². The first-order valence-corrected chi connectivity index (χ1v) is 12.9. The molecule has 184 valence electrons. The van der Waals surface area contributed by atoms with Gasteiger partial charge in [-0.05, 0) is 48.7 Å². The number of morpholine rings is 1. The number of benzene rings is 2. The van der Waals surface area contributed by atoms with Gasteiger partial charge in [-0.1, -0.05) is 12.1 Å². The van der Waals surface area contributed by atoms with E-state index in [-0.39, 0.29) is 40.5 Å². The molecule has 4 rings (SSSR count). The molecule has 8 nitrogen and oxygen atoms in total. The van der Waals surface area contributed by atoms with Crippen LogP contribution in [0.25, 0.3) is 0 Å². The first kappa shape index (κ1) is 24.6. The van der Waals surface area contributed by atoms with E-state index in [0.29, 0.717) is 39.4 Å². The molecule has 1 amide bonds. The summed E-state index contributed by atoms with van der Waals surface area (Å²) in [4.78, 5) is 15.2. The fourth-order valence-corrected chi connectivity index (χ4v) is 6.11. The van der Waals surface area contributed by atoms with Crippen molar-refractivity contribution in [1.29, 1.82) is 0 Å². The summed E-state index contributed by atoms with van der Waals surface area (Å²) in [7, 11) is -2.35. The van der Waals surface area contributed by atoms with Crippen LogP contribution in [0.15, 0.2) is 47.4 Å². The van der Waals surface area contributed by atoms with E-state index in [2.05, 4.69) is 10.2 Å². The number of methoxy groups -OCH3 is 1. The van der Waals surface area contributed by atoms with Gasteiger partial charge in [0.1, 0.15) is 16.5 Å². The normalized spacial score (nSPS) is 18.5. The maximum atomic E-state index is 13.5. The van der Waals surface area contributed by atoms with Crippen molar-refractivity contribution in [2.75, 3.05) is 53.0 Å². The molecule has 0 bridgehead atoms. The van der Waals surface area contributed by atoms with Gasteiger partial charge in [-0.25, -0.2) is 12.8 Å². The average molecular weight is 492 g/mol. The molecular weight excluding hydrogens is 461 g/mol. The maximum absolute atomic E-state index is 13.5. The topological polar surface area (TPSA) is 88.2 Å². The zero-order valence-corrected chi connectivity index (χ0v) is 20.0. The summed E-state index contributed by atoms with van der Waals surface area (Å²) in [6.07, 6.45) is 1.63. The molecule has 2 aliphatic heterocycles. The van der Waals surface area contributed by atoms with Crippen molar-refractivity contribution < 1.29 is 27.1 Å². The highest BCUT2D eigenvalue weighted by molar-refractivity contribution is 7.89. The molecule has 2 aromatic carbocycles. The van der Waals surface area contributed by atoms with Crippen molar-refractivity contribution in [2.24, 2.45) is 0 Å². The number of carbonyl (C=O) groups is 1. The minimum absolute atomic E-state index is 0.00665. The van der Waals surface area contributed by atoms with Gasteiger partial charge in [-0.15, -0.1) is 0 Å². The Bertz CT molecular complexity index is 1100. The Morgan fingerprint density at radius 3 is 2.41 bits per heavy atom. The number of amides is 1. The van der Waals surface area contributed by atoms with Gasteiger partial charge in [0, 0.05) is 38.3 Å². The van der Waals surface area contributed by atoms with Gasteiger partial charge in [-0.3, -0.25) is 9.69 Å². The van der Waals surface area contributed by atoms with Gasteiger partial charge in [0.25, 0.3) is 5.91 Å². The first-order chi connectivity index (χ1) is 16.4. The summed E-state index contributed by atoms with van der Waals surface area (Å²) >= 11 is 0. The van der Waals surface area contributed by atoms with E-state index in [9.17, 15) is 17.6 Å². The van der Waals surface area contributed by atoms with E-state index >= 15 is 0 Å². The van der Waals surface area contributed by atoms with Crippen LogP contribution in [0.3, 0.4) is 0 Å². The number of sulfonamides is 1. The van der Waals surface area contributed by atoms with Crippen molar-refractivity contribution >= 4 is 15.9 Å². The Labute approximate surface area is 199 Å². The standard InChI is InChI=1S/C24H30FN3O5S/c1-32-22-9-6-19(16-23(22)34(30,31)28-10-2-3-11-28)24(29)26-17-21(27-12-14-33-15-13-27)18-4-7-20(25)8-5-18/h4-9,16,21H,2-3,10-15,17H2,1H3,(H,26,29)/t21-/m0/s1. The summed E-state index contributed by atoms with van der Waals surface area (Å²) in [5.41, 5.74) is 1.12. The molecule has 34 heavy (non-hydrogen) atoms. The fourth-order valence-electron chi connectivity index (χ4n) is 4.41. The van der Waals surface area contributed by atoms with Gasteiger partial charge in [0.05, 0.1) is 26.4 Å². The third-order valence-electron chi connectivity index (χ3n) is 6.31. The van der Waals surface area contributed by atoms with Crippen LogP contribution in [-0.2, 0) is 14.8 Å². The highest BCUT2D eigenvalue weighted by Gasteiger charge is 2.31. The number of hydrogen-bond acceptors (Lipinski definition) is 6. The van der Waals surface area contributed by atoms with E-state index in [4.69, 9.17) is 9.47 Å². The Hall–Kier alpha value is -2.53. The van der Waals surface area contributed by atoms with Crippen LogP contribution in [0.2, 0.25) is 0 Å². The van der Waals surface area contributed by atoms with Gasteiger partial charge in [0.2, 0.25) is 10.0 Å². The van der Waals surface area contributed by atoms with Crippen LogP contribution in [0.4, 0.5) is 4.39 Å². The molecule has 0 aliphatic carbocycles. The molecule has 0 saturated carbocycles. The SMILES string of the molecule is COc1ccc(C(=O)NC[C@@H](c2ccc(F)cc2)N2CCOCC2)cc1S(=O)(=O)N1CCCC1. The van der Waals surface area contributed by atoms with Gasteiger partial charge in [-0.2, -0.15) is 4.31 Å². The molecular formula is C24H30FN3O5S. The molecule has 1 atom stereocenters. The molecule has 0 radical (unpaired) electrons. The van der Waals surface area contributed by atoms with E-state index < -0.39 is 10.0 Å². The lowest BCUT2D eigenvalue weighted by atomic mass is 10.0. The number of rotatable bonds is 8. The molecule has 2 aromatic rings. The Morgan fingerprint density at radius 1 is 1.09 bits per heavy atom. The number of carbonyl (C=O) groups excluding carboxylic acids is 1. The lowest BCUT2D eigenvalue weighted by Gasteiger charge is -2.35. The van der Waals surface area contributed by atoms with Crippen molar-refractivity contribution in [3.05, 3.63) is 59.4 Å². The van der Waals surface area contributed by atoms with Gasteiger partial charge in [0.15, 0.2) is 0 Å². The second-order valence-electron chi connectivity index (χ2n) is 8.40. The van der Waals surface area contributed by atoms with Crippen molar-refractivity contribution in [1.82, 2.24) is 14.5 Å². The summed E-state index contributed by atoms with van der Waals surface area (Å²) < 4.78 is 51.9. The van der Waals surface area contributed by atoms with Crippen molar-refractivity contribution in [2.45, 2.75) is 23.8 Å². The molecule has 2 saturated heterocycles. The fraction of sp³-hybridized carbons (Fsp3) is 0.458. The maximum Gasteiger partial charge on any atom is 0.251 e. The molecule has 0 unspecified atom stereocenters. The Morgan fingerprint density at radius 2 is 1.76 bits per heavy atom. The second kappa shape index (κ2) is 10.8. The van der Waals surface area contributed by atoms with E-state index in [1.807, 2.05) is 0 Å². The summed E-state index contributed by atoms with van der Waals surface area (Å²) in [5.74, 6) is -0.500. The van der Waals surface area contributed by atoms with Crippen LogP contribution >= 0.6 is 0 Å². The van der Waals surface area contributed by atoms with Crippen molar-refractivity contribution in [3.63, 3.8) is 0 Å². The number of nitrogens with one attached hydrogen (secondary N) is 1. The Balaban J connectivity index is 1.54. The third kappa shape index (κ3) is 5.41. The molecule has 0 spiro atoms. The highest BCUT2D eigenvalue weighted by Crippen LogP contribution is 2.30. The minimum Gasteiger partial charge on any atom is -0.495 e. The van der Waals surface area contributed by atoms with Crippen LogP contribution < -0.4 is 10.1 Å². The summed E-state index contributed by atoms with van der Waals surface area (Å²) in [6, 6.07) is 10.5. The molecule has 2 aliphatic rings. The van der Waals surface area contributed by atoms with E-state index in [1.54, 1.807) is 18.2 Å². The van der Waals surface area contributed by atoms with Crippen molar-refractivity contribution in [3.8, 4) is 5.75 Å². The zero-order valence-electron chi connectivity index (χ0n) is 19.2. The predicted molar refractivity (Wildman–Crippen MR) is 125 cm³/mol. The molecule has 2 heterocycles. The second-order valence-corrected chi connectivity index (χ2v) is 10.3. The number of ether oxygens (including phenoxy) is 2. The number of hydrogen-bond donors (Lipinski definition) is 1. The first-order valence-electron chi connectivity index (χ1n) is 11.4. The molecule has 10 heteroatoms. The van der Waals surface area contributed by atoms with E-state index in [1.165, 1.54) is 35.7 Å². The summed E-state index contributed by atoms with van der Waals surface area (Å²) in [5, 5.41) is 2.93. The molecule has 2 fully saturated rings. The van der Waals surface area contributed by atoms with Gasteiger partial charge >= 0.3 is 0 Å². The Kier molecular flexibility index (Phi) is 7.82. The number of nitrogens with zero attached hydrogens (tertiary/aromatic N) is 2. The van der Waals surface area contributed by atoms with Crippen LogP contribution in [0.5, 0.6) is 5.75 Å². The third-order valence-corrected chi connectivity index (χ3v) is 8.23. The molecule has 0 aromatic heterocycles. The zero-order chi connectivity index (χ0) is 24.1. The predicted octanol–water partition coefficient (Wildman–Crippen LogP) is 2.42.